The van der Waals surface area contributed by atoms with Crippen LogP contribution in [-0.2, 0) is 4.79 Å². The summed E-state index contributed by atoms with van der Waals surface area (Å²) in [5, 5.41) is 3.30. The summed E-state index contributed by atoms with van der Waals surface area (Å²) in [6.07, 6.45) is 6.41. The van der Waals surface area contributed by atoms with E-state index in [4.69, 9.17) is 10.5 Å². The molecule has 3 rings (SSSR count). The molecule has 0 saturated heterocycles. The standard InChI is InChI=1S/C21H32N2O2/c1-3-18(17-10-5-6-11-19(17)25-4-2)23-21(24)16-12-14-8-7-9-15(13-16)20(14)22/h5-6,10-11,14-16,18,20H,3-4,7-9,12-13,22H2,1-2H3,(H,23,24). The molecule has 0 spiro atoms. The molecule has 3 N–H and O–H groups in total. The van der Waals surface area contributed by atoms with E-state index in [0.717, 1.165) is 30.6 Å². The van der Waals surface area contributed by atoms with E-state index in [1.54, 1.807) is 0 Å². The molecule has 25 heavy (non-hydrogen) atoms. The van der Waals surface area contributed by atoms with Crippen LogP contribution < -0.4 is 15.8 Å². The van der Waals surface area contributed by atoms with Crippen molar-refractivity contribution in [2.75, 3.05) is 6.61 Å². The number of benzene rings is 1. The molecule has 4 nitrogen and oxygen atoms in total. The Bertz CT molecular complexity index is 575. The summed E-state index contributed by atoms with van der Waals surface area (Å²) in [4.78, 5) is 13.0. The normalized spacial score (nSPS) is 29.7. The Morgan fingerprint density at radius 1 is 1.24 bits per heavy atom. The molecular weight excluding hydrogens is 312 g/mol. The second-order valence-corrected chi connectivity index (χ2v) is 7.64. The topological polar surface area (TPSA) is 64.3 Å². The lowest BCUT2D eigenvalue weighted by Crippen LogP contribution is -2.49. The number of hydrogen-bond donors (Lipinski definition) is 2. The molecule has 1 aromatic carbocycles. The summed E-state index contributed by atoms with van der Waals surface area (Å²) < 4.78 is 5.75. The largest absolute Gasteiger partial charge is 0.494 e. The van der Waals surface area contributed by atoms with Gasteiger partial charge in [0, 0.05) is 17.5 Å². The maximum absolute atomic E-state index is 13.0. The first kappa shape index (κ1) is 18.2. The summed E-state index contributed by atoms with van der Waals surface area (Å²) in [5.41, 5.74) is 7.45. The highest BCUT2D eigenvalue weighted by Gasteiger charge is 2.40. The SMILES string of the molecule is CCOc1ccccc1C(CC)NC(=O)C1CC2CCCC(C1)C2N. The first-order valence-corrected chi connectivity index (χ1v) is 9.91. The van der Waals surface area contributed by atoms with Crippen molar-refractivity contribution in [2.24, 2.45) is 23.5 Å². The van der Waals surface area contributed by atoms with E-state index in [0.29, 0.717) is 24.5 Å². The highest BCUT2D eigenvalue weighted by molar-refractivity contribution is 5.79. The van der Waals surface area contributed by atoms with Crippen LogP contribution in [-0.4, -0.2) is 18.6 Å². The Morgan fingerprint density at radius 3 is 2.56 bits per heavy atom. The number of nitrogens with one attached hydrogen (secondary N) is 1. The number of carbonyl (C=O) groups is 1. The fraction of sp³-hybridized carbons (Fsp3) is 0.667. The molecule has 1 amide bonds. The third-order valence-corrected chi connectivity index (χ3v) is 6.10. The maximum Gasteiger partial charge on any atom is 0.223 e. The van der Waals surface area contributed by atoms with Crippen molar-refractivity contribution < 1.29 is 9.53 Å². The third kappa shape index (κ3) is 4.00. The smallest absolute Gasteiger partial charge is 0.223 e. The summed E-state index contributed by atoms with van der Waals surface area (Å²) >= 11 is 0. The van der Waals surface area contributed by atoms with Crippen LogP contribution >= 0.6 is 0 Å². The number of amides is 1. The zero-order valence-corrected chi connectivity index (χ0v) is 15.5. The predicted molar refractivity (Wildman–Crippen MR) is 100 cm³/mol. The van der Waals surface area contributed by atoms with E-state index < -0.39 is 0 Å². The summed E-state index contributed by atoms with van der Waals surface area (Å²) in [5.74, 6) is 2.24. The van der Waals surface area contributed by atoms with Crippen LogP contribution in [0.4, 0.5) is 0 Å². The lowest BCUT2D eigenvalue weighted by atomic mass is 9.65. The lowest BCUT2D eigenvalue weighted by Gasteiger charge is -2.43. The van der Waals surface area contributed by atoms with Crippen molar-refractivity contribution in [3.8, 4) is 5.75 Å². The molecule has 1 aromatic rings. The van der Waals surface area contributed by atoms with Crippen molar-refractivity contribution in [3.05, 3.63) is 29.8 Å². The molecule has 0 radical (unpaired) electrons. The molecule has 2 bridgehead atoms. The number of fused-ring (bicyclic) bond motifs is 2. The van der Waals surface area contributed by atoms with Gasteiger partial charge in [-0.05, 0) is 56.9 Å². The molecule has 0 aliphatic heterocycles. The number of nitrogens with two attached hydrogens (primary N) is 1. The number of ether oxygens (including phenoxy) is 1. The predicted octanol–water partition coefficient (Wildman–Crippen LogP) is 3.81. The van der Waals surface area contributed by atoms with Gasteiger partial charge in [-0.25, -0.2) is 0 Å². The average molecular weight is 344 g/mol. The van der Waals surface area contributed by atoms with Gasteiger partial charge in [0.25, 0.3) is 0 Å². The Hall–Kier alpha value is -1.55. The summed E-state index contributed by atoms with van der Waals surface area (Å²) in [7, 11) is 0. The second-order valence-electron chi connectivity index (χ2n) is 7.64. The molecule has 2 aliphatic rings. The number of rotatable bonds is 6. The van der Waals surface area contributed by atoms with Gasteiger partial charge in [-0.3, -0.25) is 4.79 Å². The van der Waals surface area contributed by atoms with E-state index in [9.17, 15) is 4.79 Å². The third-order valence-electron chi connectivity index (χ3n) is 6.10. The summed E-state index contributed by atoms with van der Waals surface area (Å²) in [6.45, 7) is 4.73. The Kier molecular flexibility index (Phi) is 6.00. The molecule has 0 heterocycles. The monoisotopic (exact) mass is 344 g/mol. The van der Waals surface area contributed by atoms with E-state index in [1.165, 1.54) is 19.3 Å². The van der Waals surface area contributed by atoms with E-state index in [-0.39, 0.29) is 17.9 Å². The van der Waals surface area contributed by atoms with Gasteiger partial charge in [-0.2, -0.15) is 0 Å². The van der Waals surface area contributed by atoms with Crippen LogP contribution in [0.25, 0.3) is 0 Å². The molecule has 0 aromatic heterocycles. The van der Waals surface area contributed by atoms with Gasteiger partial charge >= 0.3 is 0 Å². The molecule has 138 valence electrons. The average Bonchev–Trinajstić information content (AvgIpc) is 2.60. The molecule has 3 atom stereocenters. The van der Waals surface area contributed by atoms with E-state index >= 15 is 0 Å². The Morgan fingerprint density at radius 2 is 1.92 bits per heavy atom. The quantitative estimate of drug-likeness (QED) is 0.825. The molecule has 2 saturated carbocycles. The van der Waals surface area contributed by atoms with Crippen LogP contribution in [0.5, 0.6) is 5.75 Å². The fourth-order valence-corrected chi connectivity index (χ4v) is 4.75. The molecule has 4 heteroatoms. The molecule has 2 fully saturated rings. The van der Waals surface area contributed by atoms with Gasteiger partial charge in [0.05, 0.1) is 12.6 Å². The maximum atomic E-state index is 13.0. The van der Waals surface area contributed by atoms with Crippen LogP contribution in [0.15, 0.2) is 24.3 Å². The van der Waals surface area contributed by atoms with Crippen molar-refractivity contribution in [3.63, 3.8) is 0 Å². The first-order chi connectivity index (χ1) is 12.1. The van der Waals surface area contributed by atoms with Gasteiger partial charge in [-0.1, -0.05) is 31.5 Å². The van der Waals surface area contributed by atoms with Crippen LogP contribution in [0.3, 0.4) is 0 Å². The molecule has 2 aliphatic carbocycles. The van der Waals surface area contributed by atoms with E-state index in [1.807, 2.05) is 25.1 Å². The summed E-state index contributed by atoms with van der Waals surface area (Å²) in [6, 6.07) is 8.34. The molecular formula is C21H32N2O2. The van der Waals surface area contributed by atoms with Crippen molar-refractivity contribution in [2.45, 2.75) is 64.5 Å². The number of para-hydroxylation sites is 1. The minimum atomic E-state index is 0.00527. The fourth-order valence-electron chi connectivity index (χ4n) is 4.75. The number of hydrogen-bond acceptors (Lipinski definition) is 3. The van der Waals surface area contributed by atoms with Gasteiger partial charge in [0.2, 0.25) is 5.91 Å². The highest BCUT2D eigenvalue weighted by atomic mass is 16.5. The molecule has 3 unspecified atom stereocenters. The van der Waals surface area contributed by atoms with Gasteiger partial charge in [0.1, 0.15) is 5.75 Å². The van der Waals surface area contributed by atoms with Crippen LogP contribution in [0, 0.1) is 17.8 Å². The van der Waals surface area contributed by atoms with Crippen LogP contribution in [0.1, 0.15) is 64.0 Å². The first-order valence-electron chi connectivity index (χ1n) is 9.91. The minimum absolute atomic E-state index is 0.00527. The zero-order chi connectivity index (χ0) is 17.8. The Labute approximate surface area is 151 Å². The highest BCUT2D eigenvalue weighted by Crippen LogP contribution is 2.42. The zero-order valence-electron chi connectivity index (χ0n) is 15.5. The number of carbonyl (C=O) groups excluding carboxylic acids is 1. The Balaban J connectivity index is 1.69. The minimum Gasteiger partial charge on any atom is -0.494 e. The second kappa shape index (κ2) is 8.22. The van der Waals surface area contributed by atoms with Crippen molar-refractivity contribution in [1.82, 2.24) is 5.32 Å². The van der Waals surface area contributed by atoms with Crippen molar-refractivity contribution >= 4 is 5.91 Å². The van der Waals surface area contributed by atoms with Gasteiger partial charge in [-0.15, -0.1) is 0 Å². The van der Waals surface area contributed by atoms with E-state index in [2.05, 4.69) is 18.3 Å². The van der Waals surface area contributed by atoms with Gasteiger partial charge in [0.15, 0.2) is 0 Å². The lowest BCUT2D eigenvalue weighted by molar-refractivity contribution is -0.128. The van der Waals surface area contributed by atoms with Crippen LogP contribution in [0.2, 0.25) is 0 Å². The van der Waals surface area contributed by atoms with Gasteiger partial charge < -0.3 is 15.8 Å². The van der Waals surface area contributed by atoms with Crippen molar-refractivity contribution in [1.29, 1.82) is 0 Å².